The number of H-pyrrole nitrogens is 1. The van der Waals surface area contributed by atoms with Crippen molar-refractivity contribution in [3.8, 4) is 5.75 Å². The Bertz CT molecular complexity index is 1280. The molecule has 1 aliphatic heterocycles. The van der Waals surface area contributed by atoms with Gasteiger partial charge in [0, 0.05) is 6.54 Å². The standard InChI is InChI=1S/C19H17N5O5S/c1-8-14-17(26)22-16(23-19(14)30-15(8)9(2)24-28)18(27)20-6-10-3-4-12-11(5-10)21-13(25)7-29-12/h3-5,28H,6-7H2,1-2H3,(H,20,27)(H,21,25)(H,22,23,26)/b24-9-. The monoisotopic (exact) mass is 427 g/mol. The summed E-state index contributed by atoms with van der Waals surface area (Å²) in [7, 11) is 0. The lowest BCUT2D eigenvalue weighted by Gasteiger charge is -2.18. The largest absolute Gasteiger partial charge is 0.482 e. The number of aromatic amines is 1. The summed E-state index contributed by atoms with van der Waals surface area (Å²) in [6.07, 6.45) is 0. The number of oxime groups is 1. The molecule has 10 nitrogen and oxygen atoms in total. The molecule has 0 atom stereocenters. The van der Waals surface area contributed by atoms with E-state index >= 15 is 0 Å². The van der Waals surface area contributed by atoms with Gasteiger partial charge in [-0.05, 0) is 37.1 Å². The second-order valence-electron chi connectivity index (χ2n) is 6.69. The molecule has 1 aromatic carbocycles. The molecular formula is C19H17N5O5S. The molecule has 0 fully saturated rings. The van der Waals surface area contributed by atoms with Gasteiger partial charge in [-0.1, -0.05) is 11.2 Å². The maximum absolute atomic E-state index is 12.5. The summed E-state index contributed by atoms with van der Waals surface area (Å²) in [6, 6.07) is 5.18. The molecule has 0 saturated heterocycles. The van der Waals surface area contributed by atoms with Crippen LogP contribution in [0.25, 0.3) is 10.2 Å². The first kappa shape index (κ1) is 19.6. The maximum Gasteiger partial charge on any atom is 0.287 e. The summed E-state index contributed by atoms with van der Waals surface area (Å²) < 4.78 is 5.30. The number of hydrogen-bond donors (Lipinski definition) is 4. The Balaban J connectivity index is 1.56. The Labute approximate surface area is 173 Å². The average molecular weight is 427 g/mol. The second-order valence-corrected chi connectivity index (χ2v) is 7.69. The van der Waals surface area contributed by atoms with Crippen LogP contribution in [-0.4, -0.2) is 39.3 Å². The molecule has 2 aromatic heterocycles. The van der Waals surface area contributed by atoms with Crippen molar-refractivity contribution in [1.82, 2.24) is 15.3 Å². The molecule has 0 radical (unpaired) electrons. The minimum Gasteiger partial charge on any atom is -0.482 e. The van der Waals surface area contributed by atoms with Gasteiger partial charge in [-0.15, -0.1) is 11.3 Å². The SMILES string of the molecule is C/C(=N/O)c1sc2nc(C(=O)NCc3ccc4c(c3)NC(=O)CO4)[nH]c(=O)c2c1C. The highest BCUT2D eigenvalue weighted by Gasteiger charge is 2.19. The van der Waals surface area contributed by atoms with E-state index in [1.807, 2.05) is 0 Å². The summed E-state index contributed by atoms with van der Waals surface area (Å²) in [5.41, 5.74) is 1.84. The van der Waals surface area contributed by atoms with Crippen LogP contribution in [0.3, 0.4) is 0 Å². The van der Waals surface area contributed by atoms with Crippen LogP contribution >= 0.6 is 11.3 Å². The lowest BCUT2D eigenvalue weighted by atomic mass is 10.1. The number of carbonyl (C=O) groups excluding carboxylic acids is 2. The summed E-state index contributed by atoms with van der Waals surface area (Å²) in [5.74, 6) is -0.349. The number of nitrogens with zero attached hydrogens (tertiary/aromatic N) is 2. The third-order valence-electron chi connectivity index (χ3n) is 4.62. The summed E-state index contributed by atoms with van der Waals surface area (Å²) in [4.78, 5) is 44.2. The quantitative estimate of drug-likeness (QED) is 0.283. The summed E-state index contributed by atoms with van der Waals surface area (Å²) in [5, 5.41) is 17.9. The number of nitrogens with one attached hydrogen (secondary N) is 3. The van der Waals surface area contributed by atoms with Gasteiger partial charge < -0.3 is 25.6 Å². The first-order chi connectivity index (χ1) is 14.4. The normalized spacial score (nSPS) is 13.5. The number of carbonyl (C=O) groups is 2. The molecule has 30 heavy (non-hydrogen) atoms. The maximum atomic E-state index is 12.5. The molecule has 1 aliphatic rings. The zero-order chi connectivity index (χ0) is 21.4. The molecule has 3 aromatic rings. The van der Waals surface area contributed by atoms with Gasteiger partial charge in [-0.25, -0.2) is 4.98 Å². The molecule has 11 heteroatoms. The number of fused-ring (bicyclic) bond motifs is 2. The van der Waals surface area contributed by atoms with E-state index in [9.17, 15) is 14.4 Å². The van der Waals surface area contributed by atoms with Crippen molar-refractivity contribution in [1.29, 1.82) is 0 Å². The van der Waals surface area contributed by atoms with Gasteiger partial charge in [0.1, 0.15) is 10.6 Å². The molecule has 154 valence electrons. The van der Waals surface area contributed by atoms with E-state index in [-0.39, 0.29) is 24.9 Å². The number of hydrogen-bond acceptors (Lipinski definition) is 8. The average Bonchev–Trinajstić information content (AvgIpc) is 3.07. The van der Waals surface area contributed by atoms with E-state index in [0.29, 0.717) is 37.8 Å². The molecule has 4 N–H and O–H groups in total. The van der Waals surface area contributed by atoms with Gasteiger partial charge in [0.2, 0.25) is 5.82 Å². The predicted molar refractivity (Wildman–Crippen MR) is 111 cm³/mol. The van der Waals surface area contributed by atoms with Crippen LogP contribution in [0, 0.1) is 6.92 Å². The fourth-order valence-corrected chi connectivity index (χ4v) is 4.27. The predicted octanol–water partition coefficient (Wildman–Crippen LogP) is 1.75. The number of anilines is 1. The number of aryl methyl sites for hydroxylation is 1. The summed E-state index contributed by atoms with van der Waals surface area (Å²) >= 11 is 1.18. The fraction of sp³-hybridized carbons (Fsp3) is 0.211. The number of ether oxygens (including phenoxy) is 1. The van der Waals surface area contributed by atoms with Crippen molar-refractivity contribution in [2.45, 2.75) is 20.4 Å². The molecule has 0 bridgehead atoms. The van der Waals surface area contributed by atoms with Gasteiger partial charge in [-0.3, -0.25) is 14.4 Å². The van der Waals surface area contributed by atoms with E-state index < -0.39 is 11.5 Å². The van der Waals surface area contributed by atoms with Crippen molar-refractivity contribution in [2.24, 2.45) is 5.16 Å². The van der Waals surface area contributed by atoms with E-state index in [1.54, 1.807) is 32.0 Å². The van der Waals surface area contributed by atoms with Crippen LogP contribution < -0.4 is 20.9 Å². The van der Waals surface area contributed by atoms with Crippen LogP contribution in [0.15, 0.2) is 28.1 Å². The lowest BCUT2D eigenvalue weighted by Crippen LogP contribution is -2.28. The van der Waals surface area contributed by atoms with Crippen LogP contribution in [0.2, 0.25) is 0 Å². The van der Waals surface area contributed by atoms with Crippen LogP contribution in [0.1, 0.15) is 33.5 Å². The number of aromatic nitrogens is 2. The number of rotatable bonds is 4. The van der Waals surface area contributed by atoms with Crippen molar-refractivity contribution in [3.63, 3.8) is 0 Å². The van der Waals surface area contributed by atoms with Crippen molar-refractivity contribution in [3.05, 3.63) is 50.4 Å². The first-order valence-corrected chi connectivity index (χ1v) is 9.75. The van der Waals surface area contributed by atoms with Gasteiger partial charge in [0.15, 0.2) is 6.61 Å². The minimum atomic E-state index is -0.549. The van der Waals surface area contributed by atoms with Gasteiger partial charge in [0.25, 0.3) is 17.4 Å². The highest BCUT2D eigenvalue weighted by Crippen LogP contribution is 2.29. The van der Waals surface area contributed by atoms with E-state index in [0.717, 1.165) is 5.56 Å². The van der Waals surface area contributed by atoms with Crippen LogP contribution in [0.4, 0.5) is 5.69 Å². The Kier molecular flexibility index (Phi) is 4.96. The third-order valence-corrected chi connectivity index (χ3v) is 5.92. The molecule has 0 spiro atoms. The third kappa shape index (κ3) is 3.50. The Hall–Kier alpha value is -3.73. The second kappa shape index (κ2) is 7.59. The van der Waals surface area contributed by atoms with Gasteiger partial charge in [-0.2, -0.15) is 0 Å². The summed E-state index contributed by atoms with van der Waals surface area (Å²) in [6.45, 7) is 3.48. The van der Waals surface area contributed by atoms with E-state index in [2.05, 4.69) is 25.8 Å². The van der Waals surface area contributed by atoms with Crippen molar-refractivity contribution >= 4 is 44.8 Å². The highest BCUT2D eigenvalue weighted by molar-refractivity contribution is 7.20. The van der Waals surface area contributed by atoms with Gasteiger partial charge in [0.05, 0.1) is 21.7 Å². The number of benzene rings is 1. The Morgan fingerprint density at radius 1 is 1.40 bits per heavy atom. The molecule has 3 heterocycles. The first-order valence-electron chi connectivity index (χ1n) is 8.93. The Morgan fingerprint density at radius 3 is 2.97 bits per heavy atom. The van der Waals surface area contributed by atoms with E-state index in [4.69, 9.17) is 9.94 Å². The minimum absolute atomic E-state index is 0.0296. The van der Waals surface area contributed by atoms with Crippen molar-refractivity contribution < 1.29 is 19.5 Å². The molecular weight excluding hydrogens is 410 g/mol. The van der Waals surface area contributed by atoms with E-state index in [1.165, 1.54) is 11.3 Å². The lowest BCUT2D eigenvalue weighted by molar-refractivity contribution is -0.118. The zero-order valence-electron chi connectivity index (χ0n) is 16.0. The molecule has 0 saturated carbocycles. The van der Waals surface area contributed by atoms with Crippen LogP contribution in [0.5, 0.6) is 5.75 Å². The number of amides is 2. The molecule has 2 amide bonds. The van der Waals surface area contributed by atoms with Gasteiger partial charge >= 0.3 is 0 Å². The Morgan fingerprint density at radius 2 is 2.20 bits per heavy atom. The topological polar surface area (TPSA) is 146 Å². The number of thiophene rings is 1. The fourth-order valence-electron chi connectivity index (χ4n) is 3.15. The molecule has 0 unspecified atom stereocenters. The molecule has 4 rings (SSSR count). The smallest absolute Gasteiger partial charge is 0.287 e. The van der Waals surface area contributed by atoms with Crippen molar-refractivity contribution in [2.75, 3.05) is 11.9 Å². The van der Waals surface area contributed by atoms with Crippen LogP contribution in [-0.2, 0) is 11.3 Å². The molecule has 0 aliphatic carbocycles. The highest BCUT2D eigenvalue weighted by atomic mass is 32.1. The zero-order valence-corrected chi connectivity index (χ0v) is 16.8.